The van der Waals surface area contributed by atoms with Crippen LogP contribution in [0.25, 0.3) is 0 Å². The molecule has 0 bridgehead atoms. The summed E-state index contributed by atoms with van der Waals surface area (Å²) in [4.78, 5) is 27.0. The Balaban J connectivity index is 1.99. The van der Waals surface area contributed by atoms with E-state index >= 15 is 0 Å². The zero-order valence-electron chi connectivity index (χ0n) is 18.0. The van der Waals surface area contributed by atoms with Gasteiger partial charge in [0.05, 0.1) is 0 Å². The third-order valence-corrected chi connectivity index (χ3v) is 4.62. The fourth-order valence-corrected chi connectivity index (χ4v) is 3.19. The van der Waals surface area contributed by atoms with E-state index in [1.54, 1.807) is 17.9 Å². The number of carbonyl (C=O) groups is 2. The third-order valence-electron chi connectivity index (χ3n) is 4.62. The zero-order valence-corrected chi connectivity index (χ0v) is 18.0. The molecule has 29 heavy (non-hydrogen) atoms. The first-order valence-corrected chi connectivity index (χ1v) is 10.5. The van der Waals surface area contributed by atoms with Crippen molar-refractivity contribution in [3.05, 3.63) is 47.2 Å². The van der Waals surface area contributed by atoms with Crippen molar-refractivity contribution in [1.29, 1.82) is 0 Å². The van der Waals surface area contributed by atoms with E-state index < -0.39 is 0 Å². The average molecular weight is 400 g/mol. The van der Waals surface area contributed by atoms with Crippen molar-refractivity contribution < 1.29 is 14.1 Å². The smallest absolute Gasteiger partial charge is 0.254 e. The summed E-state index contributed by atoms with van der Waals surface area (Å²) in [7, 11) is 0. The summed E-state index contributed by atoms with van der Waals surface area (Å²) in [6.07, 6.45) is 5.92. The number of anilines is 1. The van der Waals surface area contributed by atoms with Gasteiger partial charge in [0.1, 0.15) is 12.3 Å². The topological polar surface area (TPSA) is 75.4 Å². The van der Waals surface area contributed by atoms with E-state index in [2.05, 4.69) is 17.4 Å². The van der Waals surface area contributed by atoms with Crippen LogP contribution in [-0.4, -0.2) is 35.0 Å². The molecule has 1 heterocycles. The van der Waals surface area contributed by atoms with Crippen molar-refractivity contribution in [2.75, 3.05) is 18.4 Å². The SMILES string of the molecule is CCCCCCc1ccc(C(=O)N(CC(=O)Nc2cc(C)on2)CC(C)C)cc1. The van der Waals surface area contributed by atoms with Gasteiger partial charge in [-0.2, -0.15) is 0 Å². The standard InChI is InChI=1S/C23H33N3O3/c1-5-6-7-8-9-19-10-12-20(13-11-19)23(28)26(15-17(2)3)16-22(27)24-21-14-18(4)29-25-21/h10-14,17H,5-9,15-16H2,1-4H3,(H,24,25,27). The van der Waals surface area contributed by atoms with E-state index in [-0.39, 0.29) is 24.3 Å². The molecule has 0 saturated carbocycles. The lowest BCUT2D eigenvalue weighted by Crippen LogP contribution is -2.40. The molecule has 2 aromatic rings. The second-order valence-electron chi connectivity index (χ2n) is 7.96. The highest BCUT2D eigenvalue weighted by molar-refractivity contribution is 5.99. The van der Waals surface area contributed by atoms with E-state index in [1.165, 1.54) is 31.2 Å². The molecule has 6 nitrogen and oxygen atoms in total. The minimum absolute atomic E-state index is 0.0261. The van der Waals surface area contributed by atoms with Crippen LogP contribution in [0.5, 0.6) is 0 Å². The monoisotopic (exact) mass is 399 g/mol. The molecule has 158 valence electrons. The van der Waals surface area contributed by atoms with Crippen molar-refractivity contribution >= 4 is 17.6 Å². The first-order chi connectivity index (χ1) is 13.9. The van der Waals surface area contributed by atoms with Crippen molar-refractivity contribution in [1.82, 2.24) is 10.1 Å². The fourth-order valence-electron chi connectivity index (χ4n) is 3.19. The van der Waals surface area contributed by atoms with Gasteiger partial charge in [-0.25, -0.2) is 0 Å². The molecule has 0 aliphatic carbocycles. The van der Waals surface area contributed by atoms with Crippen LogP contribution in [0.1, 0.15) is 68.1 Å². The van der Waals surface area contributed by atoms with Crippen LogP contribution in [0.15, 0.2) is 34.9 Å². The summed E-state index contributed by atoms with van der Waals surface area (Å²) >= 11 is 0. The van der Waals surface area contributed by atoms with E-state index in [0.29, 0.717) is 23.7 Å². The third kappa shape index (κ3) is 7.72. The van der Waals surface area contributed by atoms with Gasteiger partial charge in [0.2, 0.25) is 5.91 Å². The highest BCUT2D eigenvalue weighted by atomic mass is 16.5. The summed E-state index contributed by atoms with van der Waals surface area (Å²) in [5.74, 6) is 0.795. The average Bonchev–Trinajstić information content (AvgIpc) is 3.08. The number of unbranched alkanes of at least 4 members (excludes halogenated alkanes) is 3. The van der Waals surface area contributed by atoms with Crippen LogP contribution >= 0.6 is 0 Å². The summed E-state index contributed by atoms with van der Waals surface area (Å²) in [5, 5.41) is 6.44. The van der Waals surface area contributed by atoms with Crippen molar-refractivity contribution in [2.24, 2.45) is 5.92 Å². The number of aryl methyl sites for hydroxylation is 2. The number of hydrogen-bond donors (Lipinski definition) is 1. The number of hydrogen-bond acceptors (Lipinski definition) is 4. The predicted octanol–water partition coefficient (Wildman–Crippen LogP) is 4.84. The van der Waals surface area contributed by atoms with Gasteiger partial charge in [-0.3, -0.25) is 9.59 Å². The molecule has 2 amide bonds. The second kappa shape index (κ2) is 11.4. The minimum atomic E-state index is -0.292. The van der Waals surface area contributed by atoms with Crippen LogP contribution in [0.4, 0.5) is 5.82 Å². The van der Waals surface area contributed by atoms with Crippen LogP contribution in [0.2, 0.25) is 0 Å². The van der Waals surface area contributed by atoms with E-state index in [1.807, 2.05) is 38.1 Å². The van der Waals surface area contributed by atoms with Crippen LogP contribution in [0.3, 0.4) is 0 Å². The Labute approximate surface area is 173 Å². The fraction of sp³-hybridized carbons (Fsp3) is 0.522. The maximum Gasteiger partial charge on any atom is 0.254 e. The van der Waals surface area contributed by atoms with Gasteiger partial charge in [-0.15, -0.1) is 0 Å². The Bertz CT molecular complexity index is 781. The molecule has 0 spiro atoms. The van der Waals surface area contributed by atoms with E-state index in [4.69, 9.17) is 4.52 Å². The van der Waals surface area contributed by atoms with Gasteiger partial charge in [0.25, 0.3) is 5.91 Å². The van der Waals surface area contributed by atoms with Crippen LogP contribution in [0, 0.1) is 12.8 Å². The maximum atomic E-state index is 13.0. The highest BCUT2D eigenvalue weighted by Gasteiger charge is 2.20. The number of rotatable bonds is 11. The van der Waals surface area contributed by atoms with Crippen LogP contribution < -0.4 is 5.32 Å². The zero-order chi connectivity index (χ0) is 21.2. The first-order valence-electron chi connectivity index (χ1n) is 10.5. The molecule has 0 aliphatic heterocycles. The Morgan fingerprint density at radius 2 is 1.86 bits per heavy atom. The Kier molecular flexibility index (Phi) is 8.90. The van der Waals surface area contributed by atoms with Gasteiger partial charge in [0, 0.05) is 18.2 Å². The number of amides is 2. The van der Waals surface area contributed by atoms with E-state index in [9.17, 15) is 9.59 Å². The molecular weight excluding hydrogens is 366 g/mol. The Morgan fingerprint density at radius 1 is 1.14 bits per heavy atom. The Hall–Kier alpha value is -2.63. The predicted molar refractivity (Wildman–Crippen MR) is 115 cm³/mol. The largest absolute Gasteiger partial charge is 0.360 e. The molecule has 0 fully saturated rings. The summed E-state index contributed by atoms with van der Waals surface area (Å²) in [6.45, 7) is 8.49. The molecular formula is C23H33N3O3. The first kappa shape index (κ1) is 22.7. The molecule has 0 radical (unpaired) electrons. The number of aromatic nitrogens is 1. The van der Waals surface area contributed by atoms with Crippen molar-refractivity contribution in [3.63, 3.8) is 0 Å². The molecule has 0 atom stereocenters. The summed E-state index contributed by atoms with van der Waals surface area (Å²) in [6, 6.07) is 9.41. The van der Waals surface area contributed by atoms with Gasteiger partial charge >= 0.3 is 0 Å². The minimum Gasteiger partial charge on any atom is -0.360 e. The number of carbonyl (C=O) groups excluding carboxylic acids is 2. The molecule has 1 aromatic heterocycles. The highest BCUT2D eigenvalue weighted by Crippen LogP contribution is 2.13. The van der Waals surface area contributed by atoms with Gasteiger partial charge in [0.15, 0.2) is 5.82 Å². The lowest BCUT2D eigenvalue weighted by molar-refractivity contribution is -0.117. The molecule has 6 heteroatoms. The molecule has 1 aromatic carbocycles. The second-order valence-corrected chi connectivity index (χ2v) is 7.96. The number of nitrogens with one attached hydrogen (secondary N) is 1. The molecule has 2 rings (SSSR count). The Morgan fingerprint density at radius 3 is 2.45 bits per heavy atom. The molecule has 1 N–H and O–H groups in total. The maximum absolute atomic E-state index is 13.0. The molecule has 0 aliphatic rings. The molecule has 0 saturated heterocycles. The molecule has 0 unspecified atom stereocenters. The van der Waals surface area contributed by atoms with Crippen LogP contribution in [-0.2, 0) is 11.2 Å². The summed E-state index contributed by atoms with van der Waals surface area (Å²) < 4.78 is 4.96. The summed E-state index contributed by atoms with van der Waals surface area (Å²) in [5.41, 5.74) is 1.85. The lowest BCUT2D eigenvalue weighted by atomic mass is 10.0. The quantitative estimate of drug-likeness (QED) is 0.549. The lowest BCUT2D eigenvalue weighted by Gasteiger charge is -2.24. The normalized spacial score (nSPS) is 10.9. The van der Waals surface area contributed by atoms with Crippen molar-refractivity contribution in [2.45, 2.75) is 59.8 Å². The number of nitrogens with zero attached hydrogens (tertiary/aromatic N) is 2. The van der Waals surface area contributed by atoms with Gasteiger partial charge < -0.3 is 14.7 Å². The van der Waals surface area contributed by atoms with Gasteiger partial charge in [-0.05, 0) is 43.4 Å². The van der Waals surface area contributed by atoms with E-state index in [0.717, 1.165) is 6.42 Å². The van der Waals surface area contributed by atoms with Crippen molar-refractivity contribution in [3.8, 4) is 0 Å². The van der Waals surface area contributed by atoms with Gasteiger partial charge in [-0.1, -0.05) is 57.3 Å². The number of benzene rings is 1.